The topological polar surface area (TPSA) is 54.5 Å². The maximum absolute atomic E-state index is 13.3. The Morgan fingerprint density at radius 2 is 1.71 bits per heavy atom. The van der Waals surface area contributed by atoms with Gasteiger partial charge in [-0.15, -0.1) is 0 Å². The van der Waals surface area contributed by atoms with E-state index in [0.29, 0.717) is 26.3 Å². The van der Waals surface area contributed by atoms with Gasteiger partial charge in [0, 0.05) is 26.1 Å². The third-order valence-electron chi connectivity index (χ3n) is 3.00. The predicted molar refractivity (Wildman–Crippen MR) is 64.6 cm³/mol. The molecule has 1 amide bonds. The minimum absolute atomic E-state index is 0.0650. The highest BCUT2D eigenvalue weighted by atomic mass is 19.2. The summed E-state index contributed by atoms with van der Waals surface area (Å²) in [5, 5.41) is 2.18. The van der Waals surface area contributed by atoms with E-state index in [4.69, 9.17) is 4.74 Å². The Hall–Kier alpha value is -1.90. The van der Waals surface area contributed by atoms with E-state index in [1.54, 1.807) is 4.90 Å². The van der Waals surface area contributed by atoms with Gasteiger partial charge >= 0.3 is 0 Å². The average Bonchev–Trinajstić information content (AvgIpc) is 2.49. The summed E-state index contributed by atoms with van der Waals surface area (Å²) in [6.45, 7) is 1.60. The predicted octanol–water partition coefficient (Wildman–Crippen LogP) is 1.30. The second-order valence-corrected chi connectivity index (χ2v) is 4.37. The van der Waals surface area contributed by atoms with Crippen molar-refractivity contribution in [3.05, 3.63) is 23.5 Å². The summed E-state index contributed by atoms with van der Waals surface area (Å²) in [4.78, 5) is 15.8. The van der Waals surface area contributed by atoms with Crippen LogP contribution in [0.5, 0.6) is 0 Å². The number of halogens is 4. The van der Waals surface area contributed by atoms with E-state index in [1.807, 2.05) is 0 Å². The molecular weight excluding hydrogens is 294 g/mol. The van der Waals surface area contributed by atoms with E-state index in [1.165, 1.54) is 0 Å². The fourth-order valence-electron chi connectivity index (χ4n) is 1.91. The molecule has 1 N–H and O–H groups in total. The van der Waals surface area contributed by atoms with Crippen molar-refractivity contribution in [3.8, 4) is 0 Å². The van der Waals surface area contributed by atoms with Crippen LogP contribution in [-0.4, -0.2) is 48.6 Å². The molecule has 1 aliphatic heterocycles. The van der Waals surface area contributed by atoms with Gasteiger partial charge < -0.3 is 15.0 Å². The number of pyridine rings is 1. The van der Waals surface area contributed by atoms with Crippen LogP contribution in [0.3, 0.4) is 0 Å². The number of aromatic nitrogens is 1. The number of nitrogens with zero attached hydrogens (tertiary/aromatic N) is 2. The molecule has 21 heavy (non-hydrogen) atoms. The van der Waals surface area contributed by atoms with Crippen LogP contribution in [0.1, 0.15) is 6.42 Å². The van der Waals surface area contributed by atoms with Crippen LogP contribution in [0.25, 0.3) is 0 Å². The van der Waals surface area contributed by atoms with E-state index in [-0.39, 0.29) is 18.9 Å². The number of rotatable bonds is 4. The third kappa shape index (κ3) is 3.60. The number of ether oxygens (including phenoxy) is 1. The van der Waals surface area contributed by atoms with Crippen molar-refractivity contribution < 1.29 is 27.1 Å². The van der Waals surface area contributed by atoms with Crippen LogP contribution in [0, 0.1) is 23.5 Å². The molecule has 116 valence electrons. The first-order valence-electron chi connectivity index (χ1n) is 6.30. The van der Waals surface area contributed by atoms with Crippen molar-refractivity contribution in [2.45, 2.75) is 6.42 Å². The number of nitrogens with one attached hydrogen (secondary N) is 1. The molecule has 1 fully saturated rings. The zero-order chi connectivity index (χ0) is 15.4. The van der Waals surface area contributed by atoms with Crippen molar-refractivity contribution >= 4 is 11.6 Å². The molecule has 0 aliphatic carbocycles. The van der Waals surface area contributed by atoms with Crippen LogP contribution in [0.4, 0.5) is 23.2 Å². The minimum atomic E-state index is -1.74. The van der Waals surface area contributed by atoms with Crippen LogP contribution >= 0.6 is 0 Å². The Labute approximate surface area is 117 Å². The number of carbonyl (C=O) groups is 1. The SMILES string of the molecule is O=C(CCNc1c(F)c(F)nc(F)c1F)N1CCOCC1. The monoisotopic (exact) mass is 307 g/mol. The van der Waals surface area contributed by atoms with Gasteiger partial charge in [-0.1, -0.05) is 0 Å². The van der Waals surface area contributed by atoms with Gasteiger partial charge in [0.25, 0.3) is 11.9 Å². The molecule has 2 heterocycles. The zero-order valence-electron chi connectivity index (χ0n) is 11.0. The smallest absolute Gasteiger partial charge is 0.253 e. The van der Waals surface area contributed by atoms with Gasteiger partial charge in [-0.05, 0) is 0 Å². The number of carbonyl (C=O) groups excluding carboxylic acids is 1. The highest BCUT2D eigenvalue weighted by Crippen LogP contribution is 2.21. The first kappa shape index (κ1) is 15.5. The van der Waals surface area contributed by atoms with Crippen LogP contribution in [0.15, 0.2) is 0 Å². The lowest BCUT2D eigenvalue weighted by atomic mass is 10.3. The van der Waals surface area contributed by atoms with Gasteiger partial charge in [0.1, 0.15) is 5.69 Å². The van der Waals surface area contributed by atoms with Crippen molar-refractivity contribution in [2.24, 2.45) is 0 Å². The average molecular weight is 307 g/mol. The number of amides is 1. The molecule has 0 atom stereocenters. The molecule has 2 rings (SSSR count). The first-order valence-corrected chi connectivity index (χ1v) is 6.30. The van der Waals surface area contributed by atoms with Gasteiger partial charge in [0.05, 0.1) is 13.2 Å². The van der Waals surface area contributed by atoms with Crippen LogP contribution in [0.2, 0.25) is 0 Å². The molecule has 0 spiro atoms. The molecule has 1 aromatic heterocycles. The van der Waals surface area contributed by atoms with Crippen LogP contribution < -0.4 is 5.32 Å². The molecule has 0 unspecified atom stereocenters. The molecule has 0 saturated carbocycles. The number of hydrogen-bond acceptors (Lipinski definition) is 4. The van der Waals surface area contributed by atoms with Gasteiger partial charge in [0.15, 0.2) is 0 Å². The largest absolute Gasteiger partial charge is 0.379 e. The second kappa shape index (κ2) is 6.70. The van der Waals surface area contributed by atoms with Crippen molar-refractivity contribution in [2.75, 3.05) is 38.2 Å². The lowest BCUT2D eigenvalue weighted by molar-refractivity contribution is -0.134. The molecule has 1 aromatic rings. The third-order valence-corrected chi connectivity index (χ3v) is 3.00. The van der Waals surface area contributed by atoms with E-state index in [9.17, 15) is 22.4 Å². The number of morpholine rings is 1. The van der Waals surface area contributed by atoms with Gasteiger partial charge in [-0.3, -0.25) is 4.79 Å². The minimum Gasteiger partial charge on any atom is -0.379 e. The first-order chi connectivity index (χ1) is 10.0. The molecule has 9 heteroatoms. The highest BCUT2D eigenvalue weighted by Gasteiger charge is 2.21. The van der Waals surface area contributed by atoms with E-state index in [2.05, 4.69) is 10.3 Å². The standard InChI is InChI=1S/C12H13F4N3O2/c13-8-10(9(14)12(16)18-11(8)15)17-2-1-7(20)19-3-5-21-6-4-19/h1-6H2,(H,17,18). The van der Waals surface area contributed by atoms with E-state index in [0.717, 1.165) is 0 Å². The zero-order valence-corrected chi connectivity index (χ0v) is 11.0. The number of anilines is 1. The van der Waals surface area contributed by atoms with Crippen molar-refractivity contribution in [1.29, 1.82) is 0 Å². The quantitative estimate of drug-likeness (QED) is 0.673. The fraction of sp³-hybridized carbons (Fsp3) is 0.500. The summed E-state index contributed by atoms with van der Waals surface area (Å²) >= 11 is 0. The summed E-state index contributed by atoms with van der Waals surface area (Å²) < 4.78 is 57.4. The second-order valence-electron chi connectivity index (χ2n) is 4.37. The van der Waals surface area contributed by atoms with Gasteiger partial charge in [-0.2, -0.15) is 22.5 Å². The summed E-state index contributed by atoms with van der Waals surface area (Å²) in [6.07, 6.45) is -0.0650. The molecule has 0 radical (unpaired) electrons. The molecule has 5 nitrogen and oxygen atoms in total. The Kier molecular flexibility index (Phi) is 4.94. The molecule has 1 aliphatic rings. The highest BCUT2D eigenvalue weighted by molar-refractivity contribution is 5.76. The van der Waals surface area contributed by atoms with Crippen molar-refractivity contribution in [1.82, 2.24) is 9.88 Å². The summed E-state index contributed by atoms with van der Waals surface area (Å²) in [7, 11) is 0. The summed E-state index contributed by atoms with van der Waals surface area (Å²) in [5.74, 6) is -6.95. The summed E-state index contributed by atoms with van der Waals surface area (Å²) in [6, 6.07) is 0. The maximum atomic E-state index is 13.3. The lowest BCUT2D eigenvalue weighted by Crippen LogP contribution is -2.41. The van der Waals surface area contributed by atoms with E-state index < -0.39 is 29.2 Å². The van der Waals surface area contributed by atoms with Gasteiger partial charge in [-0.25, -0.2) is 0 Å². The van der Waals surface area contributed by atoms with Crippen LogP contribution in [-0.2, 0) is 9.53 Å². The van der Waals surface area contributed by atoms with Gasteiger partial charge in [0.2, 0.25) is 17.5 Å². The maximum Gasteiger partial charge on any atom is 0.253 e. The van der Waals surface area contributed by atoms with Crippen molar-refractivity contribution in [3.63, 3.8) is 0 Å². The Morgan fingerprint density at radius 3 is 2.29 bits per heavy atom. The normalized spacial score (nSPS) is 15.1. The number of hydrogen-bond donors (Lipinski definition) is 1. The Morgan fingerprint density at radius 1 is 1.14 bits per heavy atom. The lowest BCUT2D eigenvalue weighted by Gasteiger charge is -2.26. The summed E-state index contributed by atoms with van der Waals surface area (Å²) in [5.41, 5.74) is -0.963. The fourth-order valence-corrected chi connectivity index (χ4v) is 1.91. The Bertz CT molecular complexity index is 509. The molecule has 1 saturated heterocycles. The molecule has 0 aromatic carbocycles. The molecule has 0 bridgehead atoms. The molecular formula is C12H13F4N3O2. The van der Waals surface area contributed by atoms with E-state index >= 15 is 0 Å². The Balaban J connectivity index is 1.93.